The van der Waals surface area contributed by atoms with Gasteiger partial charge in [-0.15, -0.1) is 0 Å². The summed E-state index contributed by atoms with van der Waals surface area (Å²) in [5.74, 6) is 0.957. The van der Waals surface area contributed by atoms with Gasteiger partial charge in [0.25, 0.3) is 0 Å². The van der Waals surface area contributed by atoms with E-state index in [2.05, 4.69) is 16.8 Å². The quantitative estimate of drug-likeness (QED) is 0.706. The lowest BCUT2D eigenvalue weighted by atomic mass is 9.97. The van der Waals surface area contributed by atoms with Crippen LogP contribution in [0.2, 0.25) is 0 Å². The summed E-state index contributed by atoms with van der Waals surface area (Å²) in [7, 11) is 2.20. The summed E-state index contributed by atoms with van der Waals surface area (Å²) in [4.78, 5) is 4.99. The highest BCUT2D eigenvalue weighted by molar-refractivity contribution is 4.83. The Bertz CT molecular complexity index is 177. The second-order valence-electron chi connectivity index (χ2n) is 4.94. The second kappa shape index (κ2) is 4.60. The maximum atomic E-state index is 5.75. The van der Waals surface area contributed by atoms with Crippen molar-refractivity contribution in [2.45, 2.75) is 25.3 Å². The van der Waals surface area contributed by atoms with Gasteiger partial charge in [-0.25, -0.2) is 0 Å². The van der Waals surface area contributed by atoms with E-state index in [1.54, 1.807) is 0 Å². The van der Waals surface area contributed by atoms with Crippen LogP contribution >= 0.6 is 0 Å². The first-order chi connectivity index (χ1) is 6.79. The van der Waals surface area contributed by atoms with Gasteiger partial charge in [0, 0.05) is 25.7 Å². The summed E-state index contributed by atoms with van der Waals surface area (Å²) < 4.78 is 0. The van der Waals surface area contributed by atoms with Gasteiger partial charge < -0.3 is 10.6 Å². The number of likely N-dealkylation sites (tertiary alicyclic amines) is 2. The molecule has 0 amide bonds. The lowest BCUT2D eigenvalue weighted by Gasteiger charge is -2.37. The summed E-state index contributed by atoms with van der Waals surface area (Å²) in [6, 6.07) is 0.688. The van der Waals surface area contributed by atoms with E-state index in [0.717, 1.165) is 12.5 Å². The van der Waals surface area contributed by atoms with Crippen LogP contribution in [-0.4, -0.2) is 55.6 Å². The van der Waals surface area contributed by atoms with Crippen LogP contribution in [0.4, 0.5) is 0 Å². The van der Waals surface area contributed by atoms with Gasteiger partial charge in [0.1, 0.15) is 0 Å². The molecule has 0 aromatic carbocycles. The normalized spacial score (nSPS) is 30.9. The molecule has 2 heterocycles. The average Bonchev–Trinajstić information content (AvgIpc) is 2.57. The molecule has 0 radical (unpaired) electrons. The molecular weight excluding hydrogens is 174 g/mol. The Hall–Kier alpha value is -0.120. The van der Waals surface area contributed by atoms with Gasteiger partial charge in [-0.05, 0) is 45.3 Å². The molecule has 0 spiro atoms. The average molecular weight is 197 g/mol. The Morgan fingerprint density at radius 2 is 2.14 bits per heavy atom. The molecule has 0 aliphatic carbocycles. The first kappa shape index (κ1) is 10.4. The van der Waals surface area contributed by atoms with Gasteiger partial charge in [-0.3, -0.25) is 4.90 Å². The van der Waals surface area contributed by atoms with E-state index in [1.807, 2.05) is 0 Å². The lowest BCUT2D eigenvalue weighted by molar-refractivity contribution is 0.110. The predicted octanol–water partition coefficient (Wildman–Crippen LogP) is 0.361. The molecule has 1 atom stereocenters. The van der Waals surface area contributed by atoms with Crippen molar-refractivity contribution in [3.63, 3.8) is 0 Å². The van der Waals surface area contributed by atoms with Crippen molar-refractivity contribution in [1.29, 1.82) is 0 Å². The van der Waals surface area contributed by atoms with E-state index in [9.17, 15) is 0 Å². The highest BCUT2D eigenvalue weighted by atomic mass is 15.2. The third kappa shape index (κ3) is 2.27. The Kier molecular flexibility index (Phi) is 3.42. The van der Waals surface area contributed by atoms with E-state index in [-0.39, 0.29) is 0 Å². The first-order valence-corrected chi connectivity index (χ1v) is 5.92. The Morgan fingerprint density at radius 1 is 1.36 bits per heavy atom. The van der Waals surface area contributed by atoms with Crippen LogP contribution in [0.5, 0.6) is 0 Å². The molecule has 3 heteroatoms. The minimum absolute atomic E-state index is 0.688. The lowest BCUT2D eigenvalue weighted by Crippen LogP contribution is -2.46. The zero-order valence-electron chi connectivity index (χ0n) is 9.28. The largest absolute Gasteiger partial charge is 0.329 e. The molecule has 2 saturated heterocycles. The summed E-state index contributed by atoms with van der Waals surface area (Å²) in [6.07, 6.45) is 4.05. The van der Waals surface area contributed by atoms with Crippen molar-refractivity contribution in [2.24, 2.45) is 11.7 Å². The maximum Gasteiger partial charge on any atom is 0.0218 e. The zero-order chi connectivity index (χ0) is 9.97. The molecule has 82 valence electrons. The number of nitrogens with zero attached hydrogens (tertiary/aromatic N) is 2. The van der Waals surface area contributed by atoms with Crippen LogP contribution in [0.25, 0.3) is 0 Å². The van der Waals surface area contributed by atoms with Crippen LogP contribution in [0.1, 0.15) is 19.3 Å². The van der Waals surface area contributed by atoms with E-state index in [4.69, 9.17) is 5.73 Å². The van der Waals surface area contributed by atoms with Crippen molar-refractivity contribution in [3.8, 4) is 0 Å². The van der Waals surface area contributed by atoms with Crippen LogP contribution < -0.4 is 5.73 Å². The number of nitrogens with two attached hydrogens (primary N) is 1. The minimum atomic E-state index is 0.688. The molecule has 2 aliphatic heterocycles. The molecule has 0 aromatic rings. The molecular formula is C11H23N3. The topological polar surface area (TPSA) is 32.5 Å². The van der Waals surface area contributed by atoms with Gasteiger partial charge in [0.15, 0.2) is 0 Å². The van der Waals surface area contributed by atoms with E-state index < -0.39 is 0 Å². The van der Waals surface area contributed by atoms with Gasteiger partial charge in [-0.1, -0.05) is 0 Å². The SMILES string of the molecule is CN1CC(CCN2CCCC2CN)C1. The molecule has 3 nitrogen and oxygen atoms in total. The highest BCUT2D eigenvalue weighted by Gasteiger charge is 2.27. The Labute approximate surface area is 87.2 Å². The minimum Gasteiger partial charge on any atom is -0.329 e. The third-order valence-corrected chi connectivity index (χ3v) is 3.74. The molecule has 2 fully saturated rings. The van der Waals surface area contributed by atoms with Crippen LogP contribution in [0.15, 0.2) is 0 Å². The third-order valence-electron chi connectivity index (χ3n) is 3.74. The van der Waals surface area contributed by atoms with Gasteiger partial charge in [0.2, 0.25) is 0 Å². The first-order valence-electron chi connectivity index (χ1n) is 5.92. The molecule has 14 heavy (non-hydrogen) atoms. The van der Waals surface area contributed by atoms with Crippen LogP contribution in [0.3, 0.4) is 0 Å². The molecule has 2 N–H and O–H groups in total. The smallest absolute Gasteiger partial charge is 0.0218 e. The summed E-state index contributed by atoms with van der Waals surface area (Å²) in [6.45, 7) is 6.03. The van der Waals surface area contributed by atoms with Crippen LogP contribution in [-0.2, 0) is 0 Å². The zero-order valence-corrected chi connectivity index (χ0v) is 9.28. The van der Waals surface area contributed by atoms with Crippen molar-refractivity contribution >= 4 is 0 Å². The van der Waals surface area contributed by atoms with E-state index in [0.29, 0.717) is 6.04 Å². The van der Waals surface area contributed by atoms with Crippen molar-refractivity contribution in [3.05, 3.63) is 0 Å². The molecule has 2 rings (SSSR count). The van der Waals surface area contributed by atoms with Crippen molar-refractivity contribution in [1.82, 2.24) is 9.80 Å². The molecule has 2 aliphatic rings. The van der Waals surface area contributed by atoms with Gasteiger partial charge in [0.05, 0.1) is 0 Å². The number of hydrogen-bond donors (Lipinski definition) is 1. The summed E-state index contributed by atoms with van der Waals surface area (Å²) in [5, 5.41) is 0. The molecule has 1 unspecified atom stereocenters. The number of hydrogen-bond acceptors (Lipinski definition) is 3. The highest BCUT2D eigenvalue weighted by Crippen LogP contribution is 2.21. The monoisotopic (exact) mass is 197 g/mol. The fourth-order valence-electron chi connectivity index (χ4n) is 2.82. The Morgan fingerprint density at radius 3 is 2.79 bits per heavy atom. The van der Waals surface area contributed by atoms with Crippen molar-refractivity contribution < 1.29 is 0 Å². The standard InChI is InChI=1S/C11H23N3/c1-13-8-10(9-13)4-6-14-5-2-3-11(14)7-12/h10-11H,2-9,12H2,1H3. The van der Waals surface area contributed by atoms with Gasteiger partial charge >= 0.3 is 0 Å². The molecule has 0 bridgehead atoms. The van der Waals surface area contributed by atoms with Gasteiger partial charge in [-0.2, -0.15) is 0 Å². The molecule has 0 aromatic heterocycles. The molecule has 0 saturated carbocycles. The summed E-state index contributed by atoms with van der Waals surface area (Å²) in [5.41, 5.74) is 5.75. The maximum absolute atomic E-state index is 5.75. The fourth-order valence-corrected chi connectivity index (χ4v) is 2.82. The summed E-state index contributed by atoms with van der Waals surface area (Å²) >= 11 is 0. The Balaban J connectivity index is 1.65. The number of rotatable bonds is 4. The second-order valence-corrected chi connectivity index (χ2v) is 4.94. The van der Waals surface area contributed by atoms with Crippen LogP contribution in [0, 0.1) is 5.92 Å². The van der Waals surface area contributed by atoms with Crippen molar-refractivity contribution in [2.75, 3.05) is 39.8 Å². The fraction of sp³-hybridized carbons (Fsp3) is 1.00. The van der Waals surface area contributed by atoms with E-state index in [1.165, 1.54) is 45.4 Å². The predicted molar refractivity (Wildman–Crippen MR) is 59.3 cm³/mol. The van der Waals surface area contributed by atoms with E-state index >= 15 is 0 Å².